The Kier molecular flexibility index (Phi) is 6.78. The molecule has 0 fully saturated rings. The van der Waals surface area contributed by atoms with E-state index in [1.165, 1.54) is 0 Å². The molecule has 4 N–H and O–H groups in total. The lowest BCUT2D eigenvalue weighted by molar-refractivity contribution is -0.115. The molecule has 172 valence electrons. The van der Waals surface area contributed by atoms with Crippen LogP contribution in [0.2, 0.25) is 0 Å². The first-order valence-corrected chi connectivity index (χ1v) is 10.3. The van der Waals surface area contributed by atoms with Crippen LogP contribution in [0, 0.1) is 11.3 Å². The number of ether oxygens (including phenoxy) is 2. The number of alkyl carbamates (subject to hydrolysis) is 1. The Labute approximate surface area is 192 Å². The molecular weight excluding hydrogens is 422 g/mol. The number of nitrogens with one attached hydrogen (secondary N) is 2. The van der Waals surface area contributed by atoms with Crippen molar-refractivity contribution < 1.29 is 19.1 Å². The SMILES string of the molecule is Cn1c(N)c(C#N)c2cc(OCc3cccc(NC(=O)CNC(=O)OC(C)(C)C)c3)ccc21. The molecule has 9 heteroatoms. The van der Waals surface area contributed by atoms with Crippen molar-refractivity contribution in [2.24, 2.45) is 7.05 Å². The van der Waals surface area contributed by atoms with Gasteiger partial charge in [0.15, 0.2) is 0 Å². The average Bonchev–Trinajstić information content (AvgIpc) is 2.99. The number of fused-ring (bicyclic) bond motifs is 1. The van der Waals surface area contributed by atoms with Gasteiger partial charge in [-0.15, -0.1) is 0 Å². The highest BCUT2D eigenvalue weighted by molar-refractivity contribution is 5.94. The summed E-state index contributed by atoms with van der Waals surface area (Å²) >= 11 is 0. The lowest BCUT2D eigenvalue weighted by Crippen LogP contribution is -2.37. The van der Waals surface area contributed by atoms with Crippen molar-refractivity contribution in [2.45, 2.75) is 33.0 Å². The predicted molar refractivity (Wildman–Crippen MR) is 126 cm³/mol. The quantitative estimate of drug-likeness (QED) is 0.526. The van der Waals surface area contributed by atoms with E-state index in [0.717, 1.165) is 16.5 Å². The van der Waals surface area contributed by atoms with E-state index in [0.29, 0.717) is 22.8 Å². The second-order valence-corrected chi connectivity index (χ2v) is 8.50. The Morgan fingerprint density at radius 1 is 1.18 bits per heavy atom. The molecule has 9 nitrogen and oxygen atoms in total. The first-order valence-electron chi connectivity index (χ1n) is 10.3. The third kappa shape index (κ3) is 5.95. The van der Waals surface area contributed by atoms with E-state index >= 15 is 0 Å². The third-order valence-corrected chi connectivity index (χ3v) is 4.74. The van der Waals surface area contributed by atoms with Gasteiger partial charge in [-0.1, -0.05) is 12.1 Å². The van der Waals surface area contributed by atoms with Crippen LogP contribution in [-0.2, 0) is 23.2 Å². The number of aryl methyl sites for hydroxylation is 1. The molecule has 0 radical (unpaired) electrons. The predicted octanol–water partition coefficient (Wildman–Crippen LogP) is 3.67. The Morgan fingerprint density at radius 3 is 2.64 bits per heavy atom. The molecular formula is C24H27N5O4. The zero-order valence-corrected chi connectivity index (χ0v) is 19.1. The van der Waals surface area contributed by atoms with Gasteiger partial charge in [-0.25, -0.2) is 4.79 Å². The molecule has 2 aromatic carbocycles. The fourth-order valence-electron chi connectivity index (χ4n) is 3.23. The van der Waals surface area contributed by atoms with Gasteiger partial charge in [-0.2, -0.15) is 5.26 Å². The van der Waals surface area contributed by atoms with Crippen LogP contribution in [0.15, 0.2) is 42.5 Å². The first-order chi connectivity index (χ1) is 15.6. The number of amides is 2. The van der Waals surface area contributed by atoms with E-state index < -0.39 is 11.7 Å². The summed E-state index contributed by atoms with van der Waals surface area (Å²) in [5.41, 5.74) is 8.04. The number of nitrogens with zero attached hydrogens (tertiary/aromatic N) is 2. The number of aromatic nitrogens is 1. The summed E-state index contributed by atoms with van der Waals surface area (Å²) in [5, 5.41) is 15.3. The number of carbonyl (C=O) groups excluding carboxylic acids is 2. The van der Waals surface area contributed by atoms with Crippen molar-refractivity contribution in [3.05, 3.63) is 53.6 Å². The van der Waals surface area contributed by atoms with Crippen molar-refractivity contribution >= 4 is 34.4 Å². The fraction of sp³-hybridized carbons (Fsp3) is 0.292. The van der Waals surface area contributed by atoms with E-state index in [1.54, 1.807) is 49.6 Å². The summed E-state index contributed by atoms with van der Waals surface area (Å²) < 4.78 is 12.8. The highest BCUT2D eigenvalue weighted by atomic mass is 16.6. The van der Waals surface area contributed by atoms with Crippen molar-refractivity contribution in [1.29, 1.82) is 5.26 Å². The number of hydrogen-bond acceptors (Lipinski definition) is 6. The molecule has 0 saturated heterocycles. The van der Waals surface area contributed by atoms with Crippen LogP contribution < -0.4 is 21.1 Å². The Balaban J connectivity index is 1.60. The van der Waals surface area contributed by atoms with Crippen molar-refractivity contribution in [3.8, 4) is 11.8 Å². The summed E-state index contributed by atoms with van der Waals surface area (Å²) in [7, 11) is 1.81. The summed E-state index contributed by atoms with van der Waals surface area (Å²) in [4.78, 5) is 23.8. The van der Waals surface area contributed by atoms with Crippen LogP contribution >= 0.6 is 0 Å². The number of anilines is 2. The van der Waals surface area contributed by atoms with Crippen LogP contribution in [0.1, 0.15) is 31.9 Å². The van der Waals surface area contributed by atoms with Crippen LogP contribution in [0.5, 0.6) is 5.75 Å². The molecule has 33 heavy (non-hydrogen) atoms. The van der Waals surface area contributed by atoms with Crippen LogP contribution in [0.3, 0.4) is 0 Å². The van der Waals surface area contributed by atoms with E-state index in [1.807, 2.05) is 25.2 Å². The second kappa shape index (κ2) is 9.53. The third-order valence-electron chi connectivity index (χ3n) is 4.74. The zero-order chi connectivity index (χ0) is 24.2. The van der Waals surface area contributed by atoms with Crippen LogP contribution in [-0.4, -0.2) is 28.7 Å². The first kappa shape index (κ1) is 23.5. The standard InChI is InChI=1S/C24H27N5O4/c1-24(2,3)33-23(31)27-13-21(30)28-16-7-5-6-15(10-16)14-32-17-8-9-20-18(11-17)19(12-25)22(26)29(20)4/h5-11H,13-14,26H2,1-4H3,(H,27,31)(H,28,30). The van der Waals surface area contributed by atoms with Crippen LogP contribution in [0.25, 0.3) is 10.9 Å². The van der Waals surface area contributed by atoms with Crippen molar-refractivity contribution in [1.82, 2.24) is 9.88 Å². The monoisotopic (exact) mass is 449 g/mol. The molecule has 1 heterocycles. The minimum absolute atomic E-state index is 0.211. The van der Waals surface area contributed by atoms with Gasteiger partial charge in [0.1, 0.15) is 42.0 Å². The smallest absolute Gasteiger partial charge is 0.408 e. The van der Waals surface area contributed by atoms with E-state index in [4.69, 9.17) is 15.2 Å². The summed E-state index contributed by atoms with van der Waals surface area (Å²) in [6.07, 6.45) is -0.656. The Morgan fingerprint density at radius 2 is 1.94 bits per heavy atom. The number of benzene rings is 2. The molecule has 0 aliphatic carbocycles. The lowest BCUT2D eigenvalue weighted by Gasteiger charge is -2.19. The lowest BCUT2D eigenvalue weighted by atomic mass is 10.1. The highest BCUT2D eigenvalue weighted by Crippen LogP contribution is 2.30. The topological polar surface area (TPSA) is 131 Å². The second-order valence-electron chi connectivity index (χ2n) is 8.50. The average molecular weight is 450 g/mol. The number of nitrogens with two attached hydrogens (primary N) is 1. The maximum absolute atomic E-state index is 12.1. The molecule has 0 atom stereocenters. The molecule has 0 aliphatic rings. The number of hydrogen-bond donors (Lipinski definition) is 3. The molecule has 3 aromatic rings. The Hall–Kier alpha value is -4.19. The Bertz CT molecular complexity index is 1230. The van der Waals surface area contributed by atoms with Gasteiger partial charge in [-0.05, 0) is 56.7 Å². The number of rotatable bonds is 6. The summed E-state index contributed by atoms with van der Waals surface area (Å²) in [6.45, 7) is 5.29. The highest BCUT2D eigenvalue weighted by Gasteiger charge is 2.17. The van der Waals surface area contributed by atoms with E-state index in [2.05, 4.69) is 16.7 Å². The molecule has 0 spiro atoms. The largest absolute Gasteiger partial charge is 0.489 e. The minimum Gasteiger partial charge on any atom is -0.489 e. The van der Waals surface area contributed by atoms with Crippen LogP contribution in [0.4, 0.5) is 16.3 Å². The molecule has 0 unspecified atom stereocenters. The van der Waals surface area contributed by atoms with Crippen molar-refractivity contribution in [2.75, 3.05) is 17.6 Å². The molecule has 0 bridgehead atoms. The molecule has 1 aromatic heterocycles. The van der Waals surface area contributed by atoms with E-state index in [-0.39, 0.29) is 19.1 Å². The van der Waals surface area contributed by atoms with Gasteiger partial charge in [-0.3, -0.25) is 4.79 Å². The summed E-state index contributed by atoms with van der Waals surface area (Å²) in [6, 6.07) is 14.8. The van der Waals surface area contributed by atoms with Gasteiger partial charge in [0.2, 0.25) is 5.91 Å². The summed E-state index contributed by atoms with van der Waals surface area (Å²) in [5.74, 6) is 0.630. The molecule has 2 amide bonds. The van der Waals surface area contributed by atoms with Gasteiger partial charge in [0.05, 0.1) is 5.52 Å². The maximum Gasteiger partial charge on any atom is 0.408 e. The maximum atomic E-state index is 12.1. The molecule has 3 rings (SSSR count). The molecule has 0 aliphatic heterocycles. The van der Waals surface area contributed by atoms with Gasteiger partial charge in [0.25, 0.3) is 0 Å². The number of nitrogen functional groups attached to an aromatic ring is 1. The zero-order valence-electron chi connectivity index (χ0n) is 19.1. The van der Waals surface area contributed by atoms with E-state index in [9.17, 15) is 14.9 Å². The van der Waals surface area contributed by atoms with Gasteiger partial charge >= 0.3 is 6.09 Å². The number of carbonyl (C=O) groups is 2. The molecule has 0 saturated carbocycles. The minimum atomic E-state index is -0.656. The fourth-order valence-corrected chi connectivity index (χ4v) is 3.23. The normalized spacial score (nSPS) is 11.0. The number of nitriles is 1. The van der Waals surface area contributed by atoms with Gasteiger partial charge in [0, 0.05) is 18.1 Å². The van der Waals surface area contributed by atoms with Crippen molar-refractivity contribution in [3.63, 3.8) is 0 Å². The van der Waals surface area contributed by atoms with Gasteiger partial charge < -0.3 is 30.4 Å².